The van der Waals surface area contributed by atoms with Gasteiger partial charge in [0.05, 0.1) is 24.8 Å². The second-order valence-electron chi connectivity index (χ2n) is 10.1. The summed E-state index contributed by atoms with van der Waals surface area (Å²) in [4.78, 5) is 28.7. The number of aliphatic hydroxyl groups excluding tert-OH is 1. The highest BCUT2D eigenvalue weighted by atomic mass is 35.5. The van der Waals surface area contributed by atoms with Crippen LogP contribution in [0, 0.1) is 0 Å². The number of benzene rings is 3. The van der Waals surface area contributed by atoms with E-state index in [4.69, 9.17) is 21.1 Å². The second-order valence-corrected chi connectivity index (χ2v) is 12.7. The molecule has 8 nitrogen and oxygen atoms in total. The number of hydrogen-bond acceptors (Lipinski definition) is 9. The summed E-state index contributed by atoms with van der Waals surface area (Å²) in [7, 11) is 0. The predicted octanol–water partition coefficient (Wildman–Crippen LogP) is 8.24. The first-order valence-corrected chi connectivity index (χ1v) is 16.7. The zero-order valence-corrected chi connectivity index (χ0v) is 27.2. The Morgan fingerprint density at radius 1 is 1.04 bits per heavy atom. The average molecular weight is 662 g/mol. The van der Waals surface area contributed by atoms with Gasteiger partial charge in [0.1, 0.15) is 0 Å². The molecule has 1 unspecified atom stereocenters. The number of carbonyl (C=O) groups excluding carboxylic acids is 2. The minimum atomic E-state index is -0.976. The number of anilines is 1. The lowest BCUT2D eigenvalue weighted by Crippen LogP contribution is -2.31. The number of amides is 1. The summed E-state index contributed by atoms with van der Waals surface area (Å²) < 4.78 is 12.5. The molecule has 11 heteroatoms. The van der Waals surface area contributed by atoms with Crippen molar-refractivity contribution in [3.63, 3.8) is 0 Å². The number of ketones is 1. The van der Waals surface area contributed by atoms with E-state index in [1.807, 2.05) is 61.5 Å². The first-order chi connectivity index (χ1) is 21.9. The largest absolute Gasteiger partial charge is 0.503 e. The summed E-state index contributed by atoms with van der Waals surface area (Å²) in [5.74, 6) is -0.199. The molecule has 1 aliphatic heterocycles. The van der Waals surface area contributed by atoms with Crippen molar-refractivity contribution < 1.29 is 24.2 Å². The van der Waals surface area contributed by atoms with Gasteiger partial charge < -0.3 is 14.6 Å². The van der Waals surface area contributed by atoms with Gasteiger partial charge in [-0.3, -0.25) is 14.5 Å². The molecule has 0 saturated carbocycles. The van der Waals surface area contributed by atoms with E-state index in [-0.39, 0.29) is 10.7 Å². The van der Waals surface area contributed by atoms with Gasteiger partial charge in [0, 0.05) is 10.8 Å². The smallest absolute Gasteiger partial charge is 0.296 e. The highest BCUT2D eigenvalue weighted by Crippen LogP contribution is 2.45. The van der Waals surface area contributed by atoms with Crippen molar-refractivity contribution in [2.75, 3.05) is 18.1 Å². The third kappa shape index (κ3) is 7.76. The molecule has 0 bridgehead atoms. The van der Waals surface area contributed by atoms with Crippen LogP contribution in [0.25, 0.3) is 6.08 Å². The maximum absolute atomic E-state index is 13.7. The number of nitrogens with zero attached hydrogens (tertiary/aromatic N) is 3. The van der Waals surface area contributed by atoms with Crippen LogP contribution in [0.4, 0.5) is 5.13 Å². The zero-order valence-electron chi connectivity index (χ0n) is 24.8. The zero-order chi connectivity index (χ0) is 31.8. The highest BCUT2D eigenvalue weighted by Gasteiger charge is 2.45. The van der Waals surface area contributed by atoms with E-state index in [2.05, 4.69) is 17.1 Å². The second kappa shape index (κ2) is 15.2. The maximum atomic E-state index is 13.7. The molecule has 45 heavy (non-hydrogen) atoms. The molecule has 1 amide bonds. The molecule has 1 aliphatic rings. The molecule has 3 aromatic carbocycles. The highest BCUT2D eigenvalue weighted by molar-refractivity contribution is 8.00. The first kappa shape index (κ1) is 32.3. The van der Waals surface area contributed by atoms with Crippen LogP contribution in [0.3, 0.4) is 0 Å². The Morgan fingerprint density at radius 2 is 1.82 bits per heavy atom. The first-order valence-electron chi connectivity index (χ1n) is 14.5. The molecule has 1 atom stereocenters. The number of thioether (sulfide) groups is 1. The van der Waals surface area contributed by atoms with Gasteiger partial charge in [-0.25, -0.2) is 0 Å². The van der Waals surface area contributed by atoms with Crippen molar-refractivity contribution in [3.05, 3.63) is 112 Å². The Hall–Kier alpha value is -4.12. The maximum Gasteiger partial charge on any atom is 0.296 e. The Bertz CT molecular complexity index is 1710. The fraction of sp³-hybridized carbons (Fsp3) is 0.235. The Balaban J connectivity index is 1.50. The van der Waals surface area contributed by atoms with Crippen LogP contribution < -0.4 is 14.4 Å². The van der Waals surface area contributed by atoms with Gasteiger partial charge in [0.25, 0.3) is 5.91 Å². The Kier molecular flexibility index (Phi) is 10.9. The summed E-state index contributed by atoms with van der Waals surface area (Å²) >= 11 is 8.68. The fourth-order valence-electron chi connectivity index (χ4n) is 4.69. The van der Waals surface area contributed by atoms with E-state index >= 15 is 0 Å². The predicted molar refractivity (Wildman–Crippen MR) is 179 cm³/mol. The van der Waals surface area contributed by atoms with E-state index in [0.717, 1.165) is 24.0 Å². The van der Waals surface area contributed by atoms with Crippen molar-refractivity contribution in [1.29, 1.82) is 0 Å². The number of rotatable bonds is 14. The molecule has 2 heterocycles. The molecule has 4 aromatic rings. The lowest BCUT2D eigenvalue weighted by molar-refractivity contribution is -0.117. The monoisotopic (exact) mass is 661 g/mol. The van der Waals surface area contributed by atoms with Gasteiger partial charge in [-0.05, 0) is 60.4 Å². The summed E-state index contributed by atoms with van der Waals surface area (Å²) in [5.41, 5.74) is 2.36. The number of carbonyl (C=O) groups is 2. The lowest BCUT2D eigenvalue weighted by Gasteiger charge is -2.24. The van der Waals surface area contributed by atoms with Crippen molar-refractivity contribution in [1.82, 2.24) is 10.2 Å². The van der Waals surface area contributed by atoms with Crippen LogP contribution in [-0.2, 0) is 15.3 Å². The standard InChI is InChI=1S/C34H32ClN3O5S2/c1-3-5-19-43-27-18-14-24(20-28(27)42-4-2)30-29(26(39)17-13-22-9-7-6-8-10-22)31(40)32(41)38(30)33-36-37-34(45-33)44-21-23-11-15-25(35)16-12-23/h6-18,20,30,40H,3-5,19,21H2,1-2H3/b17-13+. The van der Waals surface area contributed by atoms with Crippen LogP contribution in [0.5, 0.6) is 11.5 Å². The quantitative estimate of drug-likeness (QED) is 0.0624. The molecule has 1 aromatic heterocycles. The molecule has 0 radical (unpaired) electrons. The van der Waals surface area contributed by atoms with Crippen LogP contribution in [0.15, 0.2) is 94.5 Å². The number of unbranched alkanes of at least 4 members (excludes halogenated alkanes) is 1. The Morgan fingerprint density at radius 3 is 2.56 bits per heavy atom. The summed E-state index contributed by atoms with van der Waals surface area (Å²) in [6, 6.07) is 21.2. The van der Waals surface area contributed by atoms with Crippen LogP contribution in [-0.4, -0.2) is 40.2 Å². The summed E-state index contributed by atoms with van der Waals surface area (Å²) in [5, 5.41) is 20.7. The molecule has 0 saturated heterocycles. The van der Waals surface area contributed by atoms with Gasteiger partial charge in [-0.2, -0.15) is 0 Å². The third-order valence-electron chi connectivity index (χ3n) is 6.92. The molecule has 1 N–H and O–H groups in total. The van der Waals surface area contributed by atoms with E-state index in [1.165, 1.54) is 34.1 Å². The number of allylic oxidation sites excluding steroid dienone is 1. The van der Waals surface area contributed by atoms with Crippen LogP contribution in [0.2, 0.25) is 5.02 Å². The minimum Gasteiger partial charge on any atom is -0.503 e. The molecule has 232 valence electrons. The number of aromatic nitrogens is 2. The summed E-state index contributed by atoms with van der Waals surface area (Å²) in [6.07, 6.45) is 4.88. The molecule has 0 spiro atoms. The van der Waals surface area contributed by atoms with Gasteiger partial charge in [0.15, 0.2) is 27.4 Å². The summed E-state index contributed by atoms with van der Waals surface area (Å²) in [6.45, 7) is 4.87. The number of ether oxygens (including phenoxy) is 2. The van der Waals surface area contributed by atoms with Gasteiger partial charge >= 0.3 is 0 Å². The van der Waals surface area contributed by atoms with Crippen LogP contribution in [0.1, 0.15) is 49.4 Å². The van der Waals surface area contributed by atoms with Crippen molar-refractivity contribution in [3.8, 4) is 11.5 Å². The minimum absolute atomic E-state index is 0.0557. The van der Waals surface area contributed by atoms with Gasteiger partial charge in [-0.1, -0.05) is 103 Å². The van der Waals surface area contributed by atoms with Gasteiger partial charge in [-0.15, -0.1) is 10.2 Å². The van der Waals surface area contributed by atoms with E-state index in [1.54, 1.807) is 24.3 Å². The molecule has 0 fully saturated rings. The number of halogens is 1. The molecular formula is C34H32ClN3O5S2. The van der Waals surface area contributed by atoms with Crippen molar-refractivity contribution in [2.45, 2.75) is 42.8 Å². The molecular weight excluding hydrogens is 630 g/mol. The molecule has 5 rings (SSSR count). The van der Waals surface area contributed by atoms with Crippen molar-refractivity contribution >= 4 is 57.6 Å². The Labute approximate surface area is 275 Å². The SMILES string of the molecule is CCCCOc1ccc(C2C(C(=O)/C=C/c3ccccc3)=C(O)C(=O)N2c2nnc(SCc3ccc(Cl)cc3)s2)cc1OCC. The van der Waals surface area contributed by atoms with Gasteiger partial charge in [0.2, 0.25) is 5.13 Å². The van der Waals surface area contributed by atoms with Crippen molar-refractivity contribution in [2.24, 2.45) is 0 Å². The van der Waals surface area contributed by atoms with Crippen LogP contribution >= 0.6 is 34.7 Å². The average Bonchev–Trinajstić information content (AvgIpc) is 3.62. The number of hydrogen-bond donors (Lipinski definition) is 1. The fourth-order valence-corrected chi connectivity index (χ4v) is 6.64. The van der Waals surface area contributed by atoms with E-state index < -0.39 is 23.5 Å². The topological polar surface area (TPSA) is 102 Å². The van der Waals surface area contributed by atoms with E-state index in [0.29, 0.717) is 45.4 Å². The third-order valence-corrected chi connectivity index (χ3v) is 9.30. The lowest BCUT2D eigenvalue weighted by atomic mass is 9.95. The number of aliphatic hydroxyl groups is 1. The molecule has 0 aliphatic carbocycles. The van der Waals surface area contributed by atoms with E-state index in [9.17, 15) is 14.7 Å². The normalized spacial score (nSPS) is 14.9.